The maximum Gasteiger partial charge on any atom is 0.289 e. The van der Waals surface area contributed by atoms with Crippen LogP contribution in [0.25, 0.3) is 0 Å². The van der Waals surface area contributed by atoms with Gasteiger partial charge in [-0.25, -0.2) is 9.97 Å². The van der Waals surface area contributed by atoms with Crippen molar-refractivity contribution in [3.8, 4) is 5.88 Å². The second kappa shape index (κ2) is 19.1. The Morgan fingerprint density at radius 1 is 0.944 bits per heavy atom. The standard InChI is InChI=1S/C38H53ClN8O7/c1-7-11-26(31(48)36(52)43-22(2)3)44-34(50)28-18-25(54-29-15-14-24(39)19-42-29)21-47(28)37(53)32(38(4,5)6)46-35(51)30(23-12-9-8-10-13-23)45-33(49)27-20-40-16-17-41-27/h14-17,19-20,22-23,25-26,28,30,32H,7-13,18,21H2,1-6H3,(H,43,52)(H,44,50)(H,45,49)(H,46,51)/t25-,26+,28+,30+,32-/m1/s1. The highest BCUT2D eigenvalue weighted by Gasteiger charge is 2.47. The van der Waals surface area contributed by atoms with Crippen LogP contribution in [-0.2, 0) is 24.0 Å². The Balaban J connectivity index is 1.62. The van der Waals surface area contributed by atoms with E-state index in [1.807, 2.05) is 6.92 Å². The summed E-state index contributed by atoms with van der Waals surface area (Å²) in [5.41, 5.74) is -0.796. The molecule has 1 aliphatic carbocycles. The number of ketones is 1. The fraction of sp³-hybridized carbons (Fsp3) is 0.605. The van der Waals surface area contributed by atoms with E-state index in [0.29, 0.717) is 24.3 Å². The van der Waals surface area contributed by atoms with Gasteiger partial charge in [0, 0.05) is 37.1 Å². The van der Waals surface area contributed by atoms with Crippen LogP contribution >= 0.6 is 11.6 Å². The highest BCUT2D eigenvalue weighted by Crippen LogP contribution is 2.30. The van der Waals surface area contributed by atoms with Gasteiger partial charge in [-0.15, -0.1) is 0 Å². The molecule has 5 amide bonds. The number of ether oxygens (including phenoxy) is 1. The molecule has 0 aromatic carbocycles. The number of likely N-dealkylation sites (tertiary alicyclic amines) is 1. The molecule has 1 saturated heterocycles. The lowest BCUT2D eigenvalue weighted by atomic mass is 9.82. The smallest absolute Gasteiger partial charge is 0.289 e. The van der Waals surface area contributed by atoms with Crippen molar-refractivity contribution in [2.45, 2.75) is 129 Å². The van der Waals surface area contributed by atoms with E-state index in [0.717, 1.165) is 19.3 Å². The Kier molecular flexibility index (Phi) is 14.9. The molecule has 2 aromatic rings. The number of carbonyl (C=O) groups excluding carboxylic acids is 6. The number of hydrogen-bond acceptors (Lipinski definition) is 10. The van der Waals surface area contributed by atoms with Crippen molar-refractivity contribution >= 4 is 46.9 Å². The van der Waals surface area contributed by atoms with Gasteiger partial charge in [-0.1, -0.05) is 65.0 Å². The van der Waals surface area contributed by atoms with E-state index in [4.69, 9.17) is 16.3 Å². The van der Waals surface area contributed by atoms with E-state index in [-0.39, 0.29) is 42.9 Å². The van der Waals surface area contributed by atoms with Crippen LogP contribution < -0.4 is 26.0 Å². The van der Waals surface area contributed by atoms with E-state index in [2.05, 4.69) is 36.2 Å². The molecule has 16 heteroatoms. The second-order valence-electron chi connectivity index (χ2n) is 15.4. The molecular formula is C38H53ClN8O7. The highest BCUT2D eigenvalue weighted by atomic mass is 35.5. The number of pyridine rings is 1. The third-order valence-corrected chi connectivity index (χ3v) is 9.80. The van der Waals surface area contributed by atoms with Crippen molar-refractivity contribution < 1.29 is 33.5 Å². The Bertz CT molecular complexity index is 1630. The number of amides is 5. The summed E-state index contributed by atoms with van der Waals surface area (Å²) in [5, 5.41) is 11.5. The molecular weight excluding hydrogens is 716 g/mol. The van der Waals surface area contributed by atoms with Crippen LogP contribution in [0.5, 0.6) is 5.88 Å². The summed E-state index contributed by atoms with van der Waals surface area (Å²) in [6.45, 7) is 10.6. The molecule has 294 valence electrons. The van der Waals surface area contributed by atoms with Crippen molar-refractivity contribution in [3.05, 3.63) is 47.6 Å². The predicted octanol–water partition coefficient (Wildman–Crippen LogP) is 3.16. The van der Waals surface area contributed by atoms with Crippen LogP contribution in [0.3, 0.4) is 0 Å². The molecule has 3 heterocycles. The van der Waals surface area contributed by atoms with E-state index in [1.165, 1.54) is 29.7 Å². The third kappa shape index (κ3) is 11.4. The van der Waals surface area contributed by atoms with Crippen LogP contribution in [0.1, 0.15) is 103 Å². The Morgan fingerprint density at radius 3 is 2.26 bits per heavy atom. The molecule has 54 heavy (non-hydrogen) atoms. The number of rotatable bonds is 15. The molecule has 2 aromatic heterocycles. The Labute approximate surface area is 321 Å². The molecule has 2 aliphatic rings. The first kappa shape index (κ1) is 42.1. The van der Waals surface area contributed by atoms with E-state index < -0.39 is 71.0 Å². The quantitative estimate of drug-likeness (QED) is 0.195. The zero-order valence-electron chi connectivity index (χ0n) is 31.9. The number of nitrogens with zero attached hydrogens (tertiary/aromatic N) is 4. The first-order chi connectivity index (χ1) is 25.6. The molecule has 4 rings (SSSR count). The minimum Gasteiger partial charge on any atom is -0.472 e. The van der Waals surface area contributed by atoms with Crippen LogP contribution in [0.2, 0.25) is 5.02 Å². The van der Waals surface area contributed by atoms with Gasteiger partial charge in [-0.2, -0.15) is 0 Å². The maximum atomic E-state index is 14.7. The number of carbonyl (C=O) groups is 6. The third-order valence-electron chi connectivity index (χ3n) is 9.58. The van der Waals surface area contributed by atoms with Crippen LogP contribution in [0, 0.1) is 11.3 Å². The summed E-state index contributed by atoms with van der Waals surface area (Å²) in [5.74, 6) is -3.82. The first-order valence-corrected chi connectivity index (χ1v) is 19.1. The van der Waals surface area contributed by atoms with Crippen molar-refractivity contribution in [1.82, 2.24) is 41.1 Å². The SMILES string of the molecule is CCC[C@H](NC(=O)[C@@H]1C[C@@H](Oc2ccc(Cl)cn2)CN1C(=O)[C@@H](NC(=O)[C@@H](NC(=O)c1cnccn1)C1CCCCC1)C(C)(C)C)C(=O)C(=O)NC(C)C. The first-order valence-electron chi connectivity index (χ1n) is 18.7. The molecule has 0 bridgehead atoms. The monoisotopic (exact) mass is 768 g/mol. The molecule has 1 saturated carbocycles. The number of hydrogen-bond donors (Lipinski definition) is 4. The zero-order chi connectivity index (χ0) is 39.6. The van der Waals surface area contributed by atoms with Gasteiger partial charge in [0.2, 0.25) is 29.4 Å². The average Bonchev–Trinajstić information content (AvgIpc) is 3.56. The average molecular weight is 769 g/mol. The van der Waals surface area contributed by atoms with E-state index in [9.17, 15) is 28.8 Å². The summed E-state index contributed by atoms with van der Waals surface area (Å²) in [6.07, 6.45) is 9.86. The number of aromatic nitrogens is 3. The van der Waals surface area contributed by atoms with E-state index in [1.54, 1.807) is 46.8 Å². The fourth-order valence-electron chi connectivity index (χ4n) is 6.84. The van der Waals surface area contributed by atoms with Gasteiger partial charge in [-0.3, -0.25) is 33.8 Å². The lowest BCUT2D eigenvalue weighted by Gasteiger charge is -2.37. The minimum atomic E-state index is -1.14. The van der Waals surface area contributed by atoms with Gasteiger partial charge in [0.1, 0.15) is 29.9 Å². The van der Waals surface area contributed by atoms with Crippen LogP contribution in [0.4, 0.5) is 0 Å². The lowest BCUT2D eigenvalue weighted by Crippen LogP contribution is -2.62. The zero-order valence-corrected chi connectivity index (χ0v) is 32.7. The maximum absolute atomic E-state index is 14.7. The lowest BCUT2D eigenvalue weighted by molar-refractivity contribution is -0.145. The van der Waals surface area contributed by atoms with Gasteiger partial charge in [0.05, 0.1) is 23.8 Å². The summed E-state index contributed by atoms with van der Waals surface area (Å²) >= 11 is 6.01. The Morgan fingerprint density at radius 2 is 1.67 bits per heavy atom. The van der Waals surface area contributed by atoms with Gasteiger partial charge in [0.25, 0.3) is 11.8 Å². The largest absolute Gasteiger partial charge is 0.472 e. The summed E-state index contributed by atoms with van der Waals surface area (Å²) < 4.78 is 6.10. The van der Waals surface area contributed by atoms with Crippen molar-refractivity contribution in [2.24, 2.45) is 11.3 Å². The molecule has 0 unspecified atom stereocenters. The number of halogens is 1. The number of Topliss-reactive ketones (excluding diaryl/α,β-unsaturated/α-hetero) is 1. The molecule has 0 spiro atoms. The van der Waals surface area contributed by atoms with Gasteiger partial charge >= 0.3 is 0 Å². The van der Waals surface area contributed by atoms with Crippen molar-refractivity contribution in [2.75, 3.05) is 6.54 Å². The van der Waals surface area contributed by atoms with Gasteiger partial charge in [-0.05, 0) is 50.5 Å². The normalized spacial score (nSPS) is 19.3. The van der Waals surface area contributed by atoms with E-state index >= 15 is 0 Å². The molecule has 5 atom stereocenters. The topological polar surface area (TPSA) is 202 Å². The Hall–Kier alpha value is -4.66. The minimum absolute atomic E-state index is 0.0385. The second-order valence-corrected chi connectivity index (χ2v) is 15.8. The summed E-state index contributed by atoms with van der Waals surface area (Å²) in [7, 11) is 0. The van der Waals surface area contributed by atoms with Crippen molar-refractivity contribution in [1.29, 1.82) is 0 Å². The number of nitrogens with one attached hydrogen (secondary N) is 4. The van der Waals surface area contributed by atoms with Gasteiger partial charge in [0.15, 0.2) is 0 Å². The summed E-state index contributed by atoms with van der Waals surface area (Å²) in [6, 6.07) is -1.46. The summed E-state index contributed by atoms with van der Waals surface area (Å²) in [4.78, 5) is 95.7. The van der Waals surface area contributed by atoms with Gasteiger partial charge < -0.3 is 30.9 Å². The fourth-order valence-corrected chi connectivity index (χ4v) is 6.95. The molecule has 4 N–H and O–H groups in total. The highest BCUT2D eigenvalue weighted by molar-refractivity contribution is 6.38. The predicted molar refractivity (Wildman–Crippen MR) is 200 cm³/mol. The van der Waals surface area contributed by atoms with Crippen LogP contribution in [0.15, 0.2) is 36.9 Å². The van der Waals surface area contributed by atoms with Crippen LogP contribution in [-0.4, -0.2) is 98.0 Å². The van der Waals surface area contributed by atoms with Crippen molar-refractivity contribution in [3.63, 3.8) is 0 Å². The molecule has 0 radical (unpaired) electrons. The molecule has 15 nitrogen and oxygen atoms in total. The molecule has 2 fully saturated rings. The molecule has 1 aliphatic heterocycles.